The molecule has 0 saturated carbocycles. The molecule has 1 N–H and O–H groups in total. The molecule has 1 aliphatic heterocycles. The van der Waals surface area contributed by atoms with Crippen molar-refractivity contribution in [2.24, 2.45) is 0 Å². The molecule has 0 bridgehead atoms. The second-order valence-electron chi connectivity index (χ2n) is 6.63. The molecule has 0 fully saturated rings. The van der Waals surface area contributed by atoms with Crippen LogP contribution < -0.4 is 10.2 Å². The fraction of sp³-hybridized carbons (Fsp3) is 0.500. The minimum absolute atomic E-state index is 0.113. The smallest absolute Gasteiger partial charge is 0.235 e. The highest BCUT2D eigenvalue weighted by molar-refractivity contribution is 5.72. The summed E-state index contributed by atoms with van der Waals surface area (Å²) < 4.78 is 5.83. The minimum Gasteiger partial charge on any atom is -0.423 e. The van der Waals surface area contributed by atoms with Crippen LogP contribution in [-0.2, 0) is 12.0 Å². The van der Waals surface area contributed by atoms with Gasteiger partial charge in [0.25, 0.3) is 0 Å². The Kier molecular flexibility index (Phi) is 3.35. The summed E-state index contributed by atoms with van der Waals surface area (Å²) in [6.45, 7) is 9.98. The van der Waals surface area contributed by atoms with Crippen molar-refractivity contribution in [2.45, 2.75) is 45.7 Å². The Morgan fingerprint density at radius 2 is 2.05 bits per heavy atom. The van der Waals surface area contributed by atoms with Gasteiger partial charge in [-0.25, -0.2) is 0 Å². The number of para-hydroxylation sites is 2. The molecule has 21 heavy (non-hydrogen) atoms. The first-order valence-electron chi connectivity index (χ1n) is 7.37. The Morgan fingerprint density at radius 1 is 1.29 bits per heavy atom. The number of benzene rings is 1. The van der Waals surface area contributed by atoms with Crippen LogP contribution in [0.5, 0.6) is 0 Å². The van der Waals surface area contributed by atoms with E-state index in [2.05, 4.69) is 66.3 Å². The number of rotatable bonds is 2. The SMILES string of the molecule is CC1CNc2ccccc2N1Cc1nnc(C(C)(C)C)o1. The Balaban J connectivity index is 1.86. The van der Waals surface area contributed by atoms with Gasteiger partial charge in [0.1, 0.15) is 0 Å². The van der Waals surface area contributed by atoms with Crippen molar-refractivity contribution in [1.82, 2.24) is 10.2 Å². The quantitative estimate of drug-likeness (QED) is 0.919. The van der Waals surface area contributed by atoms with Gasteiger partial charge in [-0.05, 0) is 19.1 Å². The molecule has 5 nitrogen and oxygen atoms in total. The minimum atomic E-state index is -0.113. The van der Waals surface area contributed by atoms with Crippen LogP contribution in [0.4, 0.5) is 11.4 Å². The van der Waals surface area contributed by atoms with E-state index >= 15 is 0 Å². The van der Waals surface area contributed by atoms with Gasteiger partial charge in [-0.2, -0.15) is 0 Å². The lowest BCUT2D eigenvalue weighted by molar-refractivity contribution is 0.367. The van der Waals surface area contributed by atoms with Gasteiger partial charge in [-0.15, -0.1) is 10.2 Å². The third-order valence-electron chi connectivity index (χ3n) is 3.75. The molecule has 1 unspecified atom stereocenters. The number of nitrogens with one attached hydrogen (secondary N) is 1. The van der Waals surface area contributed by atoms with E-state index in [0.29, 0.717) is 24.4 Å². The monoisotopic (exact) mass is 286 g/mol. The van der Waals surface area contributed by atoms with E-state index in [1.807, 2.05) is 6.07 Å². The average Bonchev–Trinajstić information content (AvgIpc) is 2.91. The zero-order valence-electron chi connectivity index (χ0n) is 13.1. The summed E-state index contributed by atoms with van der Waals surface area (Å²) in [4.78, 5) is 2.31. The zero-order chi connectivity index (χ0) is 15.0. The van der Waals surface area contributed by atoms with E-state index in [9.17, 15) is 0 Å². The van der Waals surface area contributed by atoms with Crippen molar-refractivity contribution < 1.29 is 4.42 Å². The summed E-state index contributed by atoms with van der Waals surface area (Å²) in [6, 6.07) is 8.70. The lowest BCUT2D eigenvalue weighted by Crippen LogP contribution is -2.41. The summed E-state index contributed by atoms with van der Waals surface area (Å²) in [7, 11) is 0. The lowest BCUT2D eigenvalue weighted by atomic mass is 9.97. The largest absolute Gasteiger partial charge is 0.423 e. The fourth-order valence-corrected chi connectivity index (χ4v) is 2.49. The molecule has 1 aliphatic rings. The fourth-order valence-electron chi connectivity index (χ4n) is 2.49. The number of anilines is 2. The van der Waals surface area contributed by atoms with Crippen LogP contribution in [0, 0.1) is 0 Å². The molecule has 0 aliphatic carbocycles. The van der Waals surface area contributed by atoms with Gasteiger partial charge in [0, 0.05) is 18.0 Å². The van der Waals surface area contributed by atoms with E-state index in [0.717, 1.165) is 12.2 Å². The molecule has 1 atom stereocenters. The van der Waals surface area contributed by atoms with Crippen molar-refractivity contribution in [1.29, 1.82) is 0 Å². The molecule has 0 spiro atoms. The number of nitrogens with zero attached hydrogens (tertiary/aromatic N) is 3. The van der Waals surface area contributed by atoms with Gasteiger partial charge in [0.2, 0.25) is 11.8 Å². The highest BCUT2D eigenvalue weighted by Crippen LogP contribution is 2.32. The number of fused-ring (bicyclic) bond motifs is 1. The highest BCUT2D eigenvalue weighted by atomic mass is 16.4. The van der Waals surface area contributed by atoms with Gasteiger partial charge in [0.15, 0.2) is 0 Å². The summed E-state index contributed by atoms with van der Waals surface area (Å²) in [5.74, 6) is 1.36. The van der Waals surface area contributed by atoms with E-state index in [1.165, 1.54) is 5.69 Å². The molecule has 3 rings (SSSR count). The number of aromatic nitrogens is 2. The molecule has 2 aromatic rings. The maximum Gasteiger partial charge on any atom is 0.235 e. The average molecular weight is 286 g/mol. The standard InChI is InChI=1S/C16H22N4O/c1-11-9-17-12-7-5-6-8-13(12)20(11)10-14-18-19-15(21-14)16(2,3)4/h5-8,11,17H,9-10H2,1-4H3. The summed E-state index contributed by atoms with van der Waals surface area (Å²) in [6.07, 6.45) is 0. The van der Waals surface area contributed by atoms with Crippen molar-refractivity contribution in [3.63, 3.8) is 0 Å². The highest BCUT2D eigenvalue weighted by Gasteiger charge is 2.26. The number of hydrogen-bond acceptors (Lipinski definition) is 5. The van der Waals surface area contributed by atoms with Crippen molar-refractivity contribution in [2.75, 3.05) is 16.8 Å². The van der Waals surface area contributed by atoms with E-state index in [4.69, 9.17) is 4.42 Å². The predicted octanol–water partition coefficient (Wildman–Crippen LogP) is 3.19. The first-order chi connectivity index (χ1) is 9.95. The zero-order valence-corrected chi connectivity index (χ0v) is 13.1. The Bertz CT molecular complexity index is 629. The molecule has 112 valence electrons. The van der Waals surface area contributed by atoms with Crippen LogP contribution in [0.25, 0.3) is 0 Å². The molecule has 0 amide bonds. The maximum atomic E-state index is 5.83. The Morgan fingerprint density at radius 3 is 2.76 bits per heavy atom. The molecule has 5 heteroatoms. The van der Waals surface area contributed by atoms with Gasteiger partial charge >= 0.3 is 0 Å². The Hall–Kier alpha value is -2.04. The van der Waals surface area contributed by atoms with Gasteiger partial charge < -0.3 is 14.6 Å². The van der Waals surface area contributed by atoms with E-state index in [-0.39, 0.29) is 5.41 Å². The second kappa shape index (κ2) is 5.06. The topological polar surface area (TPSA) is 54.2 Å². The molecule has 0 saturated heterocycles. The van der Waals surface area contributed by atoms with Crippen LogP contribution in [0.2, 0.25) is 0 Å². The van der Waals surface area contributed by atoms with Crippen LogP contribution in [0.1, 0.15) is 39.5 Å². The summed E-state index contributed by atoms with van der Waals surface area (Å²) in [5.41, 5.74) is 2.23. The molecular weight excluding hydrogens is 264 g/mol. The summed E-state index contributed by atoms with van der Waals surface area (Å²) >= 11 is 0. The van der Waals surface area contributed by atoms with Crippen molar-refractivity contribution in [3.05, 3.63) is 36.0 Å². The van der Waals surface area contributed by atoms with Crippen molar-refractivity contribution in [3.8, 4) is 0 Å². The lowest BCUT2D eigenvalue weighted by Gasteiger charge is -2.36. The van der Waals surface area contributed by atoms with Crippen LogP contribution in [0.3, 0.4) is 0 Å². The first-order valence-corrected chi connectivity index (χ1v) is 7.37. The maximum absolute atomic E-state index is 5.83. The predicted molar refractivity (Wildman–Crippen MR) is 83.6 cm³/mol. The van der Waals surface area contributed by atoms with E-state index in [1.54, 1.807) is 0 Å². The van der Waals surface area contributed by atoms with Gasteiger partial charge in [-0.3, -0.25) is 0 Å². The van der Waals surface area contributed by atoms with Crippen LogP contribution >= 0.6 is 0 Å². The molecule has 2 heterocycles. The van der Waals surface area contributed by atoms with Gasteiger partial charge in [-0.1, -0.05) is 32.9 Å². The third kappa shape index (κ3) is 2.73. The first kappa shape index (κ1) is 13.9. The van der Waals surface area contributed by atoms with Crippen molar-refractivity contribution >= 4 is 11.4 Å². The Labute approximate surface area is 125 Å². The molecule has 1 aromatic carbocycles. The second-order valence-corrected chi connectivity index (χ2v) is 6.63. The summed E-state index contributed by atoms with van der Waals surface area (Å²) in [5, 5.41) is 11.8. The molecule has 0 radical (unpaired) electrons. The number of hydrogen-bond donors (Lipinski definition) is 1. The normalized spacial score (nSPS) is 18.3. The van der Waals surface area contributed by atoms with E-state index < -0.39 is 0 Å². The van der Waals surface area contributed by atoms with Crippen LogP contribution in [0.15, 0.2) is 28.7 Å². The third-order valence-corrected chi connectivity index (χ3v) is 3.75. The van der Waals surface area contributed by atoms with Gasteiger partial charge in [0.05, 0.1) is 17.9 Å². The van der Waals surface area contributed by atoms with Crippen LogP contribution in [-0.4, -0.2) is 22.8 Å². The molecule has 1 aromatic heterocycles. The molecular formula is C16H22N4O.